The number of anilines is 1. The maximum absolute atomic E-state index is 12.7. The van der Waals surface area contributed by atoms with E-state index in [-0.39, 0.29) is 13.0 Å². The molecule has 1 aromatic heterocycles. The van der Waals surface area contributed by atoms with Gasteiger partial charge in [-0.05, 0) is 24.3 Å². The number of ether oxygens (including phenoxy) is 1. The molecular formula is C16H16F3N3O4S. The third-order valence-corrected chi connectivity index (χ3v) is 4.80. The molecule has 0 unspecified atom stereocenters. The van der Waals surface area contributed by atoms with Gasteiger partial charge in [0.25, 0.3) is 0 Å². The number of methoxy groups -OCH3 is 1. The Bertz CT molecular complexity index is 900. The number of alkyl halides is 3. The van der Waals surface area contributed by atoms with Crippen molar-refractivity contribution in [1.29, 1.82) is 0 Å². The highest BCUT2D eigenvalue weighted by Gasteiger charge is 2.31. The lowest BCUT2D eigenvalue weighted by Gasteiger charge is -2.10. The number of rotatable bonds is 7. The molecule has 7 nitrogen and oxygen atoms in total. The van der Waals surface area contributed by atoms with E-state index in [1.165, 1.54) is 19.4 Å². The maximum Gasteiger partial charge on any atom is 0.416 e. The van der Waals surface area contributed by atoms with Crippen molar-refractivity contribution in [1.82, 2.24) is 9.71 Å². The van der Waals surface area contributed by atoms with Crippen LogP contribution in [0.2, 0.25) is 0 Å². The zero-order valence-electron chi connectivity index (χ0n) is 14.1. The fraction of sp³-hybridized carbons (Fsp3) is 0.250. The van der Waals surface area contributed by atoms with Crippen LogP contribution >= 0.6 is 0 Å². The number of amides is 1. The van der Waals surface area contributed by atoms with Crippen LogP contribution in [0.5, 0.6) is 5.88 Å². The second-order valence-corrected chi connectivity index (χ2v) is 7.08. The van der Waals surface area contributed by atoms with Crippen molar-refractivity contribution in [3.63, 3.8) is 0 Å². The Balaban J connectivity index is 1.92. The van der Waals surface area contributed by atoms with E-state index in [0.29, 0.717) is 17.6 Å². The number of nitrogens with zero attached hydrogens (tertiary/aromatic N) is 1. The number of hydrogen-bond acceptors (Lipinski definition) is 5. The fourth-order valence-electron chi connectivity index (χ4n) is 2.02. The van der Waals surface area contributed by atoms with Gasteiger partial charge in [0.05, 0.1) is 29.5 Å². The average Bonchev–Trinajstić information content (AvgIpc) is 2.61. The van der Waals surface area contributed by atoms with E-state index < -0.39 is 32.6 Å². The molecule has 0 bridgehead atoms. The summed E-state index contributed by atoms with van der Waals surface area (Å²) >= 11 is 0. The van der Waals surface area contributed by atoms with Crippen molar-refractivity contribution in [3.8, 4) is 5.88 Å². The fourth-order valence-corrected chi connectivity index (χ4v) is 3.10. The lowest BCUT2D eigenvalue weighted by atomic mass is 10.2. The molecule has 1 amide bonds. The molecule has 0 fully saturated rings. The van der Waals surface area contributed by atoms with Gasteiger partial charge < -0.3 is 10.1 Å². The SMILES string of the molecule is COc1ccc(NC(=O)CCNS(=O)(=O)c2cccc(C(F)(F)F)c2)cn1. The van der Waals surface area contributed by atoms with Gasteiger partial charge in [0.1, 0.15) is 0 Å². The Morgan fingerprint density at radius 2 is 1.96 bits per heavy atom. The summed E-state index contributed by atoms with van der Waals surface area (Å²) < 4.78 is 69.2. The van der Waals surface area contributed by atoms with Crippen LogP contribution in [-0.2, 0) is 21.0 Å². The lowest BCUT2D eigenvalue weighted by Crippen LogP contribution is -2.28. The smallest absolute Gasteiger partial charge is 0.416 e. The van der Waals surface area contributed by atoms with Crippen molar-refractivity contribution in [2.24, 2.45) is 0 Å². The van der Waals surface area contributed by atoms with E-state index in [1.807, 2.05) is 0 Å². The number of benzene rings is 1. The van der Waals surface area contributed by atoms with Crippen molar-refractivity contribution >= 4 is 21.6 Å². The first-order valence-corrected chi connectivity index (χ1v) is 9.07. The minimum absolute atomic E-state index is 0.218. The third-order valence-electron chi connectivity index (χ3n) is 3.35. The molecule has 0 spiro atoms. The van der Waals surface area contributed by atoms with Crippen molar-refractivity contribution in [3.05, 3.63) is 48.2 Å². The molecule has 2 N–H and O–H groups in total. The minimum atomic E-state index is -4.65. The summed E-state index contributed by atoms with van der Waals surface area (Å²) in [6.07, 6.45) is -3.51. The standard InChI is InChI=1S/C16H16F3N3O4S/c1-26-15-6-5-12(10-20-15)22-14(23)7-8-21-27(24,25)13-4-2-3-11(9-13)16(17,18)19/h2-6,9-10,21H,7-8H2,1H3,(H,22,23). The molecule has 2 aromatic rings. The van der Waals surface area contributed by atoms with Crippen molar-refractivity contribution in [2.45, 2.75) is 17.5 Å². The topological polar surface area (TPSA) is 97.4 Å². The van der Waals surface area contributed by atoms with E-state index >= 15 is 0 Å². The number of halogens is 3. The van der Waals surface area contributed by atoms with E-state index in [4.69, 9.17) is 4.74 Å². The first-order valence-electron chi connectivity index (χ1n) is 7.58. The normalized spacial score (nSPS) is 11.9. The Hall–Kier alpha value is -2.66. The van der Waals surface area contributed by atoms with Gasteiger partial charge in [-0.3, -0.25) is 4.79 Å². The first-order chi connectivity index (χ1) is 12.6. The molecule has 1 heterocycles. The molecule has 0 atom stereocenters. The highest BCUT2D eigenvalue weighted by molar-refractivity contribution is 7.89. The number of aromatic nitrogens is 1. The number of sulfonamides is 1. The van der Waals surface area contributed by atoms with Crippen LogP contribution in [-0.4, -0.2) is 33.0 Å². The lowest BCUT2D eigenvalue weighted by molar-refractivity contribution is -0.137. The number of hydrogen-bond donors (Lipinski definition) is 2. The summed E-state index contributed by atoms with van der Waals surface area (Å²) in [6.45, 7) is -0.284. The second kappa shape index (κ2) is 8.35. The summed E-state index contributed by atoms with van der Waals surface area (Å²) in [5.41, 5.74) is -0.684. The Morgan fingerprint density at radius 3 is 2.56 bits per heavy atom. The first kappa shape index (κ1) is 20.6. The summed E-state index contributed by atoms with van der Waals surface area (Å²) in [5, 5.41) is 2.51. The van der Waals surface area contributed by atoms with Crippen LogP contribution in [0.1, 0.15) is 12.0 Å². The maximum atomic E-state index is 12.7. The van der Waals surface area contributed by atoms with Gasteiger partial charge in [0, 0.05) is 19.0 Å². The zero-order chi connectivity index (χ0) is 20.1. The van der Waals surface area contributed by atoms with Gasteiger partial charge in [-0.1, -0.05) is 6.07 Å². The number of pyridine rings is 1. The summed E-state index contributed by atoms with van der Waals surface area (Å²) in [4.78, 5) is 15.2. The van der Waals surface area contributed by atoms with Crippen LogP contribution in [0.3, 0.4) is 0 Å². The quantitative estimate of drug-likeness (QED) is 0.740. The third kappa shape index (κ3) is 5.93. The molecule has 0 aliphatic carbocycles. The largest absolute Gasteiger partial charge is 0.481 e. The number of carbonyl (C=O) groups excluding carboxylic acids is 1. The molecule has 27 heavy (non-hydrogen) atoms. The molecule has 0 aliphatic rings. The molecule has 0 saturated carbocycles. The molecule has 2 rings (SSSR count). The molecule has 146 valence electrons. The molecule has 11 heteroatoms. The average molecular weight is 403 g/mol. The summed E-state index contributed by atoms with van der Waals surface area (Å²) in [5.74, 6) is -0.129. The molecule has 0 radical (unpaired) electrons. The Morgan fingerprint density at radius 1 is 1.22 bits per heavy atom. The van der Waals surface area contributed by atoms with Gasteiger partial charge in [0.15, 0.2) is 0 Å². The highest BCUT2D eigenvalue weighted by Crippen LogP contribution is 2.30. The van der Waals surface area contributed by atoms with E-state index in [0.717, 1.165) is 18.2 Å². The highest BCUT2D eigenvalue weighted by atomic mass is 32.2. The van der Waals surface area contributed by atoms with Gasteiger partial charge in [0.2, 0.25) is 21.8 Å². The number of carbonyl (C=O) groups is 1. The van der Waals surface area contributed by atoms with Crippen LogP contribution in [0.4, 0.5) is 18.9 Å². The van der Waals surface area contributed by atoms with Gasteiger partial charge in [-0.25, -0.2) is 18.1 Å². The van der Waals surface area contributed by atoms with E-state index in [1.54, 1.807) is 6.07 Å². The van der Waals surface area contributed by atoms with Gasteiger partial charge >= 0.3 is 6.18 Å². The van der Waals surface area contributed by atoms with Crippen molar-refractivity contribution < 1.29 is 31.1 Å². The van der Waals surface area contributed by atoms with E-state index in [2.05, 4.69) is 15.0 Å². The molecular weight excluding hydrogens is 387 g/mol. The minimum Gasteiger partial charge on any atom is -0.481 e. The van der Waals surface area contributed by atoms with Gasteiger partial charge in [-0.2, -0.15) is 13.2 Å². The monoisotopic (exact) mass is 403 g/mol. The van der Waals surface area contributed by atoms with Crippen LogP contribution in [0, 0.1) is 0 Å². The molecule has 0 saturated heterocycles. The second-order valence-electron chi connectivity index (χ2n) is 5.31. The zero-order valence-corrected chi connectivity index (χ0v) is 14.9. The predicted octanol–water partition coefficient (Wildman–Crippen LogP) is 2.42. The predicted molar refractivity (Wildman–Crippen MR) is 90.7 cm³/mol. The van der Waals surface area contributed by atoms with Crippen LogP contribution < -0.4 is 14.8 Å². The Labute approximate surface area is 153 Å². The molecule has 1 aromatic carbocycles. The van der Waals surface area contributed by atoms with Gasteiger partial charge in [-0.15, -0.1) is 0 Å². The summed E-state index contributed by atoms with van der Waals surface area (Å²) in [7, 11) is -2.74. The van der Waals surface area contributed by atoms with E-state index in [9.17, 15) is 26.4 Å². The van der Waals surface area contributed by atoms with Crippen LogP contribution in [0.15, 0.2) is 47.5 Å². The molecule has 0 aliphatic heterocycles. The summed E-state index contributed by atoms with van der Waals surface area (Å²) in [6, 6.07) is 6.44. The Kier molecular flexibility index (Phi) is 6.39. The van der Waals surface area contributed by atoms with Crippen molar-refractivity contribution in [2.75, 3.05) is 19.0 Å². The number of nitrogens with one attached hydrogen (secondary N) is 2. The van der Waals surface area contributed by atoms with Crippen LogP contribution in [0.25, 0.3) is 0 Å².